The molecule has 4 rings (SSSR count). The van der Waals surface area contributed by atoms with Crippen molar-refractivity contribution < 1.29 is 9.90 Å². The van der Waals surface area contributed by atoms with Gasteiger partial charge in [0.2, 0.25) is 5.95 Å². The van der Waals surface area contributed by atoms with E-state index in [1.54, 1.807) is 18.2 Å². The molecule has 0 amide bonds. The zero-order chi connectivity index (χ0) is 18.6. The van der Waals surface area contributed by atoms with Crippen LogP contribution in [-0.4, -0.2) is 27.5 Å². The van der Waals surface area contributed by atoms with E-state index in [4.69, 9.17) is 10.1 Å². The summed E-state index contributed by atoms with van der Waals surface area (Å²) in [5, 5.41) is 9.08. The third kappa shape index (κ3) is 3.59. The highest BCUT2D eigenvalue weighted by Gasteiger charge is 2.15. The van der Waals surface area contributed by atoms with Crippen LogP contribution >= 0.6 is 0 Å². The molecule has 0 saturated heterocycles. The molecule has 4 aromatic rings. The third-order valence-electron chi connectivity index (χ3n) is 4.44. The van der Waals surface area contributed by atoms with Gasteiger partial charge in [-0.2, -0.15) is 0 Å². The van der Waals surface area contributed by atoms with Crippen LogP contribution in [0, 0.1) is 0 Å². The number of hydrogen-bond donors (Lipinski definition) is 2. The van der Waals surface area contributed by atoms with Crippen LogP contribution in [-0.2, 0) is 6.54 Å². The molecule has 1 heterocycles. The molecule has 5 heteroatoms. The number of hydrogen-bond acceptors (Lipinski definition) is 4. The maximum Gasteiger partial charge on any atom is 0.208 e. The van der Waals surface area contributed by atoms with Crippen molar-refractivity contribution in [1.29, 1.82) is 0 Å². The summed E-state index contributed by atoms with van der Waals surface area (Å²) in [5.74, 6) is 0.394. The molecule has 3 aromatic carbocycles. The average molecular weight is 357 g/mol. The van der Waals surface area contributed by atoms with Crippen molar-refractivity contribution in [3.8, 4) is 0 Å². The van der Waals surface area contributed by atoms with Crippen molar-refractivity contribution in [3.05, 3.63) is 90.0 Å². The van der Waals surface area contributed by atoms with E-state index in [1.807, 2.05) is 48.5 Å². The molecule has 0 atom stereocenters. The minimum Gasteiger partial charge on any atom is -0.388 e. The fourth-order valence-electron chi connectivity index (χ4n) is 3.05. The molecule has 0 bridgehead atoms. The van der Waals surface area contributed by atoms with Crippen molar-refractivity contribution in [2.45, 2.75) is 6.54 Å². The first-order chi connectivity index (χ1) is 13.2. The molecule has 2 N–H and O–H groups in total. The van der Waals surface area contributed by atoms with E-state index >= 15 is 0 Å². The number of aromatic amines is 1. The standard InChI is InChI=1S/C22H19N3O2/c26-15-21(27)17-11-12-19-20(13-17)24-22(23-19)25(18-9-5-2-6-10-18)14-16-7-3-1-4-8-16/h1-13,26H,14-15H2,(H,23,24). The second kappa shape index (κ2) is 7.43. The Balaban J connectivity index is 1.76. The summed E-state index contributed by atoms with van der Waals surface area (Å²) >= 11 is 0. The predicted octanol–water partition coefficient (Wildman–Crippen LogP) is 4.08. The number of fused-ring (bicyclic) bond motifs is 1. The molecule has 0 spiro atoms. The van der Waals surface area contributed by atoms with Crippen molar-refractivity contribution >= 4 is 28.5 Å². The molecule has 0 fully saturated rings. The van der Waals surface area contributed by atoms with Crippen LogP contribution in [0.1, 0.15) is 15.9 Å². The van der Waals surface area contributed by atoms with Crippen molar-refractivity contribution in [2.75, 3.05) is 11.5 Å². The van der Waals surface area contributed by atoms with Crippen LogP contribution in [0.15, 0.2) is 78.9 Å². The monoisotopic (exact) mass is 357 g/mol. The summed E-state index contributed by atoms with van der Waals surface area (Å²) in [5.41, 5.74) is 4.19. The van der Waals surface area contributed by atoms with Gasteiger partial charge in [0.05, 0.1) is 17.6 Å². The van der Waals surface area contributed by atoms with E-state index in [0.717, 1.165) is 22.3 Å². The maximum absolute atomic E-state index is 11.8. The number of H-pyrrole nitrogens is 1. The second-order valence-corrected chi connectivity index (χ2v) is 6.28. The number of rotatable bonds is 6. The van der Waals surface area contributed by atoms with E-state index in [9.17, 15) is 4.79 Å². The normalized spacial score (nSPS) is 10.9. The summed E-state index contributed by atoms with van der Waals surface area (Å²) in [6.07, 6.45) is 0. The Bertz CT molecular complexity index is 1060. The minimum absolute atomic E-state index is 0.308. The molecule has 1 aromatic heterocycles. The number of nitrogens with zero attached hydrogens (tertiary/aromatic N) is 2. The number of benzene rings is 3. The number of carbonyl (C=O) groups is 1. The number of nitrogens with one attached hydrogen (secondary N) is 1. The zero-order valence-electron chi connectivity index (χ0n) is 14.7. The average Bonchev–Trinajstić information content (AvgIpc) is 3.15. The Hall–Kier alpha value is -3.44. The number of imidazole rings is 1. The van der Waals surface area contributed by atoms with Crippen molar-refractivity contribution in [2.24, 2.45) is 0 Å². The predicted molar refractivity (Wildman–Crippen MR) is 106 cm³/mol. The highest BCUT2D eigenvalue weighted by Crippen LogP contribution is 2.27. The van der Waals surface area contributed by atoms with Gasteiger partial charge in [0.25, 0.3) is 0 Å². The molecule has 134 valence electrons. The molecule has 5 nitrogen and oxygen atoms in total. The van der Waals surface area contributed by atoms with Gasteiger partial charge in [-0.25, -0.2) is 4.98 Å². The van der Waals surface area contributed by atoms with Crippen LogP contribution in [0.4, 0.5) is 11.6 Å². The largest absolute Gasteiger partial charge is 0.388 e. The zero-order valence-corrected chi connectivity index (χ0v) is 14.7. The Morgan fingerprint density at radius 1 is 0.963 bits per heavy atom. The first-order valence-electron chi connectivity index (χ1n) is 8.75. The van der Waals surface area contributed by atoms with E-state index in [-0.39, 0.29) is 5.78 Å². The van der Waals surface area contributed by atoms with Crippen LogP contribution in [0.2, 0.25) is 0 Å². The van der Waals surface area contributed by atoms with Gasteiger partial charge in [-0.15, -0.1) is 0 Å². The van der Waals surface area contributed by atoms with E-state index in [0.29, 0.717) is 18.1 Å². The number of anilines is 2. The molecule has 0 aliphatic carbocycles. The molecule has 0 aliphatic rings. The summed E-state index contributed by atoms with van der Waals surface area (Å²) in [6.45, 7) is 0.156. The SMILES string of the molecule is O=C(CO)c1ccc2nc(N(Cc3ccccc3)c3ccccc3)[nH]c2c1. The molecule has 0 saturated carbocycles. The van der Waals surface area contributed by atoms with Gasteiger partial charge in [0.15, 0.2) is 5.78 Å². The molecular formula is C22H19N3O2. The van der Waals surface area contributed by atoms with Crippen LogP contribution in [0.3, 0.4) is 0 Å². The number of aromatic nitrogens is 2. The van der Waals surface area contributed by atoms with Crippen LogP contribution < -0.4 is 4.90 Å². The third-order valence-corrected chi connectivity index (χ3v) is 4.44. The Labute approximate surface area is 156 Å². The quantitative estimate of drug-likeness (QED) is 0.510. The Morgan fingerprint density at radius 3 is 2.37 bits per heavy atom. The number of ketones is 1. The smallest absolute Gasteiger partial charge is 0.208 e. The van der Waals surface area contributed by atoms with E-state index < -0.39 is 6.61 Å². The lowest BCUT2D eigenvalue weighted by atomic mass is 10.1. The Morgan fingerprint density at radius 2 is 1.67 bits per heavy atom. The highest BCUT2D eigenvalue weighted by molar-refractivity contribution is 5.99. The van der Waals surface area contributed by atoms with E-state index in [2.05, 4.69) is 22.0 Å². The van der Waals surface area contributed by atoms with Gasteiger partial charge in [0, 0.05) is 11.3 Å². The summed E-state index contributed by atoms with van der Waals surface area (Å²) in [6, 6.07) is 25.5. The summed E-state index contributed by atoms with van der Waals surface area (Å²) < 4.78 is 0. The first-order valence-corrected chi connectivity index (χ1v) is 8.75. The fraction of sp³-hybridized carbons (Fsp3) is 0.0909. The first kappa shape index (κ1) is 17.0. The lowest BCUT2D eigenvalue weighted by Gasteiger charge is -2.22. The van der Waals surface area contributed by atoms with Gasteiger partial charge in [-0.3, -0.25) is 4.79 Å². The fourth-order valence-corrected chi connectivity index (χ4v) is 3.05. The van der Waals surface area contributed by atoms with Gasteiger partial charge < -0.3 is 15.0 Å². The maximum atomic E-state index is 11.8. The summed E-state index contributed by atoms with van der Waals surface area (Å²) in [4.78, 5) is 21.9. The van der Waals surface area contributed by atoms with E-state index in [1.165, 1.54) is 0 Å². The van der Waals surface area contributed by atoms with Crippen LogP contribution in [0.25, 0.3) is 11.0 Å². The van der Waals surface area contributed by atoms with Crippen molar-refractivity contribution in [3.63, 3.8) is 0 Å². The lowest BCUT2D eigenvalue weighted by molar-refractivity contribution is 0.0904. The molecule has 0 unspecified atom stereocenters. The summed E-state index contributed by atoms with van der Waals surface area (Å²) in [7, 11) is 0. The molecule has 0 radical (unpaired) electrons. The lowest BCUT2D eigenvalue weighted by Crippen LogP contribution is -2.17. The molecule has 27 heavy (non-hydrogen) atoms. The second-order valence-electron chi connectivity index (χ2n) is 6.28. The van der Waals surface area contributed by atoms with Crippen LogP contribution in [0.5, 0.6) is 0 Å². The molecule has 0 aliphatic heterocycles. The molecular weight excluding hydrogens is 338 g/mol. The van der Waals surface area contributed by atoms with Gasteiger partial charge in [0.1, 0.15) is 6.61 Å². The minimum atomic E-state index is -0.503. The van der Waals surface area contributed by atoms with Gasteiger partial charge in [-0.05, 0) is 35.9 Å². The van der Waals surface area contributed by atoms with Crippen molar-refractivity contribution in [1.82, 2.24) is 9.97 Å². The highest BCUT2D eigenvalue weighted by atomic mass is 16.3. The topological polar surface area (TPSA) is 69.2 Å². The Kier molecular flexibility index (Phi) is 4.68. The van der Waals surface area contributed by atoms with Gasteiger partial charge in [-0.1, -0.05) is 48.5 Å². The number of carbonyl (C=O) groups excluding carboxylic acids is 1. The number of aliphatic hydroxyl groups excluding tert-OH is 1. The number of Topliss-reactive ketones (excluding diaryl/α,β-unsaturated/α-hetero) is 1. The van der Waals surface area contributed by atoms with Gasteiger partial charge >= 0.3 is 0 Å². The number of para-hydroxylation sites is 1. The number of aliphatic hydroxyl groups is 1.